The van der Waals surface area contributed by atoms with Crippen LogP contribution in [0.3, 0.4) is 0 Å². The van der Waals surface area contributed by atoms with Crippen LogP contribution in [0.15, 0.2) is 194 Å². The summed E-state index contributed by atoms with van der Waals surface area (Å²) >= 11 is 0. The highest BCUT2D eigenvalue weighted by atomic mass is 35.7. The van der Waals surface area contributed by atoms with Gasteiger partial charge in [0.25, 0.3) is 0 Å². The zero-order valence-electron chi connectivity index (χ0n) is 39.5. The molecule has 0 atom stereocenters. The molecule has 0 N–H and O–H groups in total. The molecule has 0 bridgehead atoms. The van der Waals surface area contributed by atoms with Crippen molar-refractivity contribution in [3.05, 3.63) is 194 Å². The predicted octanol–water partition coefficient (Wildman–Crippen LogP) is 3.14. The number of benzene rings is 6. The van der Waals surface area contributed by atoms with Gasteiger partial charge >= 0.3 is 0 Å². The van der Waals surface area contributed by atoms with E-state index < -0.39 is 20.5 Å². The fraction of sp³-hybridized carbons (Fsp3) is 0.179. The molecule has 0 aliphatic rings. The summed E-state index contributed by atoms with van der Waals surface area (Å²) in [4.78, 5) is 4.30. The zero-order valence-corrected chi connectivity index (χ0v) is 41.0. The lowest BCUT2D eigenvalue weighted by molar-refractivity contribution is -2.00. The number of rotatable bonds is 15. The number of nitrogens with zero attached hydrogens (tertiary/aromatic N) is 4. The van der Waals surface area contributed by atoms with Crippen molar-refractivity contribution in [2.24, 2.45) is 0 Å². The Morgan fingerprint density at radius 3 is 0.743 bits per heavy atom. The smallest absolute Gasteiger partial charge is 0.213 e. The van der Waals surface area contributed by atoms with Crippen molar-refractivity contribution in [3.63, 3.8) is 0 Å². The first-order chi connectivity index (χ1) is 33.4. The molecule has 362 valence electrons. The Morgan fingerprint density at radius 2 is 0.529 bits per heavy atom. The number of anilines is 2. The highest BCUT2D eigenvalue weighted by Gasteiger charge is 2.25. The predicted molar refractivity (Wildman–Crippen MR) is 253 cm³/mol. The fourth-order valence-corrected chi connectivity index (χ4v) is 8.25. The molecule has 2 heterocycles. The molecule has 2 aromatic heterocycles. The number of hydrogen-bond acceptors (Lipinski definition) is 10. The summed E-state index contributed by atoms with van der Waals surface area (Å²) in [6, 6.07) is 71.0. The van der Waals surface area contributed by atoms with E-state index in [2.05, 4.69) is 241 Å². The van der Waals surface area contributed by atoms with Crippen LogP contribution in [0.4, 0.5) is 11.4 Å². The Kier molecular flexibility index (Phi) is 18.8. The standard InChI is InChI=1S/C56H56N4.2ClHO4/c1-57(2)51-33-29-43(30-34-51)49-39-53(45-21-11-7-12-22-45)59(54(40-49)46-23-13-8-14-24-46)37-19-5-6-20-38-60-55(47-25-15-9-16-26-47)41-50(42-56(60)48-27-17-10-18-28-48)44-31-35-52(36-32-44)58(3)4;2*2-1(3,4)5/h7-18,21-36,39-42H,5-6,19-20,37-38H2,1-4H3;2*(H,2,3,4,5)/q+2;;/p-2. The first-order valence-corrected chi connectivity index (χ1v) is 25.1. The van der Waals surface area contributed by atoms with E-state index >= 15 is 0 Å². The number of aromatic nitrogens is 2. The molecule has 6 aromatic carbocycles. The van der Waals surface area contributed by atoms with Crippen LogP contribution < -0.4 is 56.2 Å². The Bertz CT molecular complexity index is 2520. The molecule has 12 nitrogen and oxygen atoms in total. The Labute approximate surface area is 414 Å². The molecule has 0 radical (unpaired) electrons. The van der Waals surface area contributed by atoms with Gasteiger partial charge in [-0.2, -0.15) is 9.13 Å². The minimum absolute atomic E-state index is 0.938. The van der Waals surface area contributed by atoms with E-state index in [1.165, 1.54) is 78.7 Å². The van der Waals surface area contributed by atoms with Gasteiger partial charge in [0.1, 0.15) is 13.1 Å². The molecule has 0 aliphatic carbocycles. The van der Waals surface area contributed by atoms with Crippen LogP contribution in [-0.2, 0) is 13.1 Å². The highest BCUT2D eigenvalue weighted by Crippen LogP contribution is 2.32. The second-order valence-corrected chi connectivity index (χ2v) is 18.4. The first-order valence-electron chi connectivity index (χ1n) is 22.6. The van der Waals surface area contributed by atoms with Crippen molar-refractivity contribution >= 4 is 11.4 Å². The van der Waals surface area contributed by atoms with E-state index in [1.54, 1.807) is 0 Å². The monoisotopic (exact) mass is 982 g/mol. The Morgan fingerprint density at radius 1 is 0.300 bits per heavy atom. The number of pyridine rings is 2. The SMILES string of the molecule is CN(C)c1ccc(-c2cc(-c3ccccc3)[n+](CCCCCC[n+]3c(-c4ccccc4)cc(-c4ccc(N(C)C)cc4)cc3-c3ccccc3)c(-c3ccccc3)c2)cc1.[O-][Cl+3]([O-])([O-])[O-].[O-][Cl+3]([O-])([O-])[O-]. The quantitative estimate of drug-likeness (QED) is 0.109. The summed E-state index contributed by atoms with van der Waals surface area (Å²) in [5, 5.41) is 0. The summed E-state index contributed by atoms with van der Waals surface area (Å²) in [6.45, 7) is 1.88. The van der Waals surface area contributed by atoms with Gasteiger partial charge in [-0.25, -0.2) is 37.3 Å². The number of unbranched alkanes of at least 4 members (excludes halogenated alkanes) is 3. The van der Waals surface area contributed by atoms with Gasteiger partial charge in [-0.15, -0.1) is 20.5 Å². The van der Waals surface area contributed by atoms with Crippen LogP contribution in [0.25, 0.3) is 67.3 Å². The van der Waals surface area contributed by atoms with Crippen molar-refractivity contribution in [1.29, 1.82) is 0 Å². The van der Waals surface area contributed by atoms with Gasteiger partial charge in [-0.05, 0) is 108 Å². The lowest BCUT2D eigenvalue weighted by Gasteiger charge is -2.17. The minimum atomic E-state index is -4.94. The van der Waals surface area contributed by atoms with E-state index in [-0.39, 0.29) is 0 Å². The molecule has 0 spiro atoms. The van der Waals surface area contributed by atoms with E-state index in [1.807, 2.05) is 0 Å². The third-order valence-electron chi connectivity index (χ3n) is 11.6. The molecule has 0 unspecified atom stereocenters. The molecule has 70 heavy (non-hydrogen) atoms. The second kappa shape index (κ2) is 24.9. The summed E-state index contributed by atoms with van der Waals surface area (Å²) in [7, 11) is -1.52. The third-order valence-corrected chi connectivity index (χ3v) is 11.6. The topological polar surface area (TPSA) is 199 Å². The average Bonchev–Trinajstić information content (AvgIpc) is 3.35. The Balaban J connectivity index is 0.000000731. The van der Waals surface area contributed by atoms with Crippen LogP contribution in [0.2, 0.25) is 0 Å². The number of hydrogen-bond donors (Lipinski definition) is 0. The lowest BCUT2D eigenvalue weighted by atomic mass is 9.98. The molecule has 8 aromatic rings. The van der Waals surface area contributed by atoms with Gasteiger partial charge in [0.05, 0.1) is 0 Å². The van der Waals surface area contributed by atoms with Gasteiger partial charge in [0.15, 0.2) is 0 Å². The molecule has 0 aliphatic heterocycles. The summed E-state index contributed by atoms with van der Waals surface area (Å²) in [6.07, 6.45) is 4.46. The van der Waals surface area contributed by atoms with Crippen LogP contribution in [0, 0.1) is 20.5 Å². The molecule has 0 saturated heterocycles. The highest BCUT2D eigenvalue weighted by molar-refractivity contribution is 5.76. The van der Waals surface area contributed by atoms with Crippen molar-refractivity contribution < 1.29 is 66.9 Å². The lowest BCUT2D eigenvalue weighted by Crippen LogP contribution is -2.68. The summed E-state index contributed by atoms with van der Waals surface area (Å²) < 4.78 is 73.1. The molecular weight excluding hydrogens is 928 g/mol. The van der Waals surface area contributed by atoms with Gasteiger partial charge < -0.3 is 9.80 Å². The largest absolute Gasteiger partial charge is 0.378 e. The number of halogens is 2. The van der Waals surface area contributed by atoms with E-state index in [0.717, 1.165) is 38.8 Å². The molecular formula is C56H56Cl2N4O8. The van der Waals surface area contributed by atoms with E-state index in [0.29, 0.717) is 0 Å². The van der Waals surface area contributed by atoms with Gasteiger partial charge in [0.2, 0.25) is 22.8 Å². The normalized spacial score (nSPS) is 11.2. The van der Waals surface area contributed by atoms with Crippen LogP contribution in [0.5, 0.6) is 0 Å². The minimum Gasteiger partial charge on any atom is -0.378 e. The summed E-state index contributed by atoms with van der Waals surface area (Å²) in [5.41, 5.74) is 17.2. The fourth-order valence-electron chi connectivity index (χ4n) is 8.25. The molecule has 0 fully saturated rings. The molecule has 0 saturated carbocycles. The third kappa shape index (κ3) is 16.0. The van der Waals surface area contributed by atoms with Crippen molar-refractivity contribution in [3.8, 4) is 67.3 Å². The van der Waals surface area contributed by atoms with Crippen molar-refractivity contribution in [2.75, 3.05) is 38.0 Å². The van der Waals surface area contributed by atoms with Gasteiger partial charge in [0, 0.05) is 98.9 Å². The van der Waals surface area contributed by atoms with Gasteiger partial charge in [-0.1, -0.05) is 97.1 Å². The summed E-state index contributed by atoms with van der Waals surface area (Å²) in [5.74, 6) is 0. The second-order valence-electron chi connectivity index (χ2n) is 16.8. The van der Waals surface area contributed by atoms with Crippen LogP contribution in [0.1, 0.15) is 25.7 Å². The van der Waals surface area contributed by atoms with Crippen molar-refractivity contribution in [2.45, 2.75) is 38.8 Å². The maximum absolute atomic E-state index is 8.49. The zero-order chi connectivity index (χ0) is 50.3. The van der Waals surface area contributed by atoms with Gasteiger partial charge in [-0.3, -0.25) is 0 Å². The maximum Gasteiger partial charge on any atom is 0.213 e. The molecule has 8 rings (SSSR count). The maximum atomic E-state index is 8.49. The van der Waals surface area contributed by atoms with Crippen LogP contribution >= 0.6 is 0 Å². The van der Waals surface area contributed by atoms with E-state index in [9.17, 15) is 0 Å². The molecule has 14 heteroatoms. The first kappa shape index (κ1) is 52.8. The van der Waals surface area contributed by atoms with E-state index in [4.69, 9.17) is 37.3 Å². The van der Waals surface area contributed by atoms with Crippen LogP contribution in [-0.4, -0.2) is 28.2 Å². The average molecular weight is 984 g/mol. The van der Waals surface area contributed by atoms with Crippen molar-refractivity contribution in [1.82, 2.24) is 0 Å². The molecule has 0 amide bonds. The Hall–Kier alpha value is -6.52.